The van der Waals surface area contributed by atoms with Crippen molar-refractivity contribution in [2.75, 3.05) is 12.0 Å². The maximum Gasteiger partial charge on any atom is 0.334 e. The van der Waals surface area contributed by atoms with Crippen molar-refractivity contribution in [3.63, 3.8) is 0 Å². The van der Waals surface area contributed by atoms with Crippen molar-refractivity contribution in [1.82, 2.24) is 9.55 Å². The molecule has 1 aliphatic heterocycles. The fraction of sp³-hybridized carbons (Fsp3) is 0.474. The third kappa shape index (κ3) is 3.02. The van der Waals surface area contributed by atoms with Crippen LogP contribution in [0.4, 0.5) is 5.82 Å². The molecule has 1 saturated carbocycles. The highest BCUT2D eigenvalue weighted by Crippen LogP contribution is 2.20. The Kier molecular flexibility index (Phi) is 4.21. The average molecular weight is 341 g/mol. The fourth-order valence-corrected chi connectivity index (χ4v) is 4.22. The molecule has 1 unspecified atom stereocenters. The molecule has 3 N–H and O–H groups in total. The fourth-order valence-electron chi connectivity index (χ4n) is 4.22. The summed E-state index contributed by atoms with van der Waals surface area (Å²) >= 11 is 0. The van der Waals surface area contributed by atoms with Gasteiger partial charge in [0, 0.05) is 0 Å². The lowest BCUT2D eigenvalue weighted by Gasteiger charge is -2.35. The van der Waals surface area contributed by atoms with Crippen LogP contribution in [-0.4, -0.2) is 22.3 Å². The van der Waals surface area contributed by atoms with Gasteiger partial charge in [-0.05, 0) is 50.3 Å². The molecule has 1 aromatic heterocycles. The van der Waals surface area contributed by atoms with Crippen LogP contribution in [-0.2, 0) is 6.54 Å². The van der Waals surface area contributed by atoms with Gasteiger partial charge in [0.15, 0.2) is 6.67 Å². The molecule has 0 radical (unpaired) electrons. The van der Waals surface area contributed by atoms with E-state index in [1.807, 2.05) is 31.2 Å². The molecule has 1 aromatic carbocycles. The van der Waals surface area contributed by atoms with Crippen LogP contribution in [0.3, 0.4) is 0 Å². The molecule has 1 fully saturated rings. The van der Waals surface area contributed by atoms with Crippen molar-refractivity contribution >= 4 is 5.82 Å². The molecular formula is C19H25N4O2+. The van der Waals surface area contributed by atoms with Crippen LogP contribution >= 0.6 is 0 Å². The number of nitrogens with zero attached hydrogens (tertiary/aromatic N) is 1. The summed E-state index contributed by atoms with van der Waals surface area (Å²) < 4.78 is 1.60. The van der Waals surface area contributed by atoms with Crippen LogP contribution in [0.5, 0.6) is 0 Å². The maximum atomic E-state index is 12.5. The van der Waals surface area contributed by atoms with E-state index in [1.165, 1.54) is 37.0 Å². The quantitative estimate of drug-likeness (QED) is 0.761. The predicted molar refractivity (Wildman–Crippen MR) is 97.4 cm³/mol. The van der Waals surface area contributed by atoms with Crippen molar-refractivity contribution in [3.8, 4) is 5.69 Å². The Balaban J connectivity index is 1.75. The number of aromatic amines is 1. The summed E-state index contributed by atoms with van der Waals surface area (Å²) in [4.78, 5) is 28.8. The molecule has 0 amide bonds. The molecule has 6 nitrogen and oxygen atoms in total. The first kappa shape index (κ1) is 16.1. The summed E-state index contributed by atoms with van der Waals surface area (Å²) in [6, 6.07) is 8.39. The minimum atomic E-state index is -0.386. The lowest BCUT2D eigenvalue weighted by atomic mass is 9.94. The number of anilines is 1. The monoisotopic (exact) mass is 341 g/mol. The number of aromatic nitrogens is 2. The number of hydrogen-bond donors (Lipinski definition) is 3. The predicted octanol–water partition coefficient (Wildman–Crippen LogP) is 0.935. The van der Waals surface area contributed by atoms with Crippen LogP contribution in [0.1, 0.15) is 43.2 Å². The van der Waals surface area contributed by atoms with Gasteiger partial charge in [-0.2, -0.15) is 0 Å². The molecule has 1 aliphatic carbocycles. The van der Waals surface area contributed by atoms with Gasteiger partial charge in [0.1, 0.15) is 17.9 Å². The summed E-state index contributed by atoms with van der Waals surface area (Å²) in [6.07, 6.45) is 6.32. The van der Waals surface area contributed by atoms with E-state index in [0.29, 0.717) is 24.0 Å². The minimum Gasteiger partial charge on any atom is -0.324 e. The Morgan fingerprint density at radius 3 is 2.72 bits per heavy atom. The molecule has 0 saturated heterocycles. The highest BCUT2D eigenvalue weighted by Gasteiger charge is 2.31. The number of rotatable bonds is 2. The number of H-pyrrole nitrogens is 1. The molecule has 6 heteroatoms. The highest BCUT2D eigenvalue weighted by molar-refractivity contribution is 5.51. The van der Waals surface area contributed by atoms with Gasteiger partial charge in [0.2, 0.25) is 0 Å². The van der Waals surface area contributed by atoms with Crippen molar-refractivity contribution in [1.29, 1.82) is 0 Å². The van der Waals surface area contributed by atoms with Gasteiger partial charge in [0.25, 0.3) is 5.56 Å². The molecule has 4 rings (SSSR count). The van der Waals surface area contributed by atoms with E-state index >= 15 is 0 Å². The molecule has 132 valence electrons. The van der Waals surface area contributed by atoms with E-state index in [9.17, 15) is 9.59 Å². The van der Waals surface area contributed by atoms with E-state index in [2.05, 4.69) is 10.3 Å². The number of quaternary nitrogens is 1. The van der Waals surface area contributed by atoms with E-state index in [0.717, 1.165) is 17.9 Å². The topological polar surface area (TPSA) is 71.3 Å². The second-order valence-electron chi connectivity index (χ2n) is 7.28. The zero-order chi connectivity index (χ0) is 17.4. The zero-order valence-electron chi connectivity index (χ0n) is 14.6. The van der Waals surface area contributed by atoms with Crippen LogP contribution in [0.15, 0.2) is 33.9 Å². The second-order valence-corrected chi connectivity index (χ2v) is 7.28. The van der Waals surface area contributed by atoms with Crippen molar-refractivity contribution in [3.05, 3.63) is 56.2 Å². The summed E-state index contributed by atoms with van der Waals surface area (Å²) in [5.41, 5.74) is 1.90. The maximum absolute atomic E-state index is 12.5. The zero-order valence-corrected chi connectivity index (χ0v) is 14.6. The molecule has 25 heavy (non-hydrogen) atoms. The average Bonchev–Trinajstić information content (AvgIpc) is 2.62. The molecule has 2 aromatic rings. The van der Waals surface area contributed by atoms with E-state index < -0.39 is 0 Å². The second kappa shape index (κ2) is 6.52. The SMILES string of the molecule is Cc1cccc(-n2c3c(c(=O)[nH]c2=O)C[NH+](C2CCCCC2)CN3)c1. The van der Waals surface area contributed by atoms with Crippen LogP contribution < -0.4 is 21.5 Å². The number of hydrogen-bond acceptors (Lipinski definition) is 3. The van der Waals surface area contributed by atoms with Crippen LogP contribution in [0.25, 0.3) is 5.69 Å². The molecule has 0 bridgehead atoms. The summed E-state index contributed by atoms with van der Waals surface area (Å²) in [6.45, 7) is 3.43. The third-order valence-electron chi connectivity index (χ3n) is 5.54. The van der Waals surface area contributed by atoms with Gasteiger partial charge in [-0.25, -0.2) is 9.36 Å². The highest BCUT2D eigenvalue weighted by atomic mass is 16.2. The number of fused-ring (bicyclic) bond motifs is 1. The molecule has 2 aliphatic rings. The van der Waals surface area contributed by atoms with Gasteiger partial charge in [-0.3, -0.25) is 9.78 Å². The van der Waals surface area contributed by atoms with Gasteiger partial charge < -0.3 is 10.2 Å². The van der Waals surface area contributed by atoms with Crippen LogP contribution in [0, 0.1) is 6.92 Å². The van der Waals surface area contributed by atoms with Gasteiger partial charge in [-0.1, -0.05) is 18.6 Å². The molecular weight excluding hydrogens is 316 g/mol. The van der Waals surface area contributed by atoms with Gasteiger partial charge in [-0.15, -0.1) is 0 Å². The van der Waals surface area contributed by atoms with E-state index in [4.69, 9.17) is 0 Å². The summed E-state index contributed by atoms with van der Waals surface area (Å²) in [5, 5.41) is 3.38. The smallest absolute Gasteiger partial charge is 0.324 e. The summed E-state index contributed by atoms with van der Waals surface area (Å²) in [5.74, 6) is 0.652. The lowest BCUT2D eigenvalue weighted by Crippen LogP contribution is -3.16. The number of aryl methyl sites for hydroxylation is 1. The third-order valence-corrected chi connectivity index (χ3v) is 5.54. The standard InChI is InChI=1S/C19H24N4O2/c1-13-6-5-9-15(10-13)23-17-16(18(24)21-19(23)25)11-22(12-20-17)14-7-3-2-4-8-14/h5-6,9-10,14,20H,2-4,7-8,11-12H2,1H3,(H,21,24,25)/p+1. The van der Waals surface area contributed by atoms with E-state index in [-0.39, 0.29) is 11.2 Å². The Hall–Kier alpha value is -2.34. The Morgan fingerprint density at radius 2 is 1.96 bits per heavy atom. The van der Waals surface area contributed by atoms with E-state index in [1.54, 1.807) is 4.57 Å². The minimum absolute atomic E-state index is 0.260. The summed E-state index contributed by atoms with van der Waals surface area (Å²) in [7, 11) is 0. The number of benzene rings is 1. The molecule has 2 heterocycles. The van der Waals surface area contributed by atoms with Gasteiger partial charge in [0.05, 0.1) is 11.7 Å². The number of nitrogens with one attached hydrogen (secondary N) is 3. The van der Waals surface area contributed by atoms with Crippen molar-refractivity contribution < 1.29 is 4.90 Å². The first-order valence-corrected chi connectivity index (χ1v) is 9.17. The Labute approximate surface area is 146 Å². The van der Waals surface area contributed by atoms with Crippen molar-refractivity contribution in [2.45, 2.75) is 51.6 Å². The van der Waals surface area contributed by atoms with Crippen LogP contribution in [0.2, 0.25) is 0 Å². The Morgan fingerprint density at radius 1 is 1.16 bits per heavy atom. The first-order chi connectivity index (χ1) is 12.1. The van der Waals surface area contributed by atoms with Gasteiger partial charge >= 0.3 is 5.69 Å². The van der Waals surface area contributed by atoms with Crippen molar-refractivity contribution in [2.24, 2.45) is 0 Å². The molecule has 1 atom stereocenters. The largest absolute Gasteiger partial charge is 0.334 e. The Bertz CT molecular complexity index is 893. The normalized spacial score (nSPS) is 20.8. The molecule has 0 spiro atoms. The first-order valence-electron chi connectivity index (χ1n) is 9.17. The lowest BCUT2D eigenvalue weighted by molar-refractivity contribution is -0.938.